The van der Waals surface area contributed by atoms with Crippen LogP contribution in [0.15, 0.2) is 0 Å². The van der Waals surface area contributed by atoms with E-state index in [4.69, 9.17) is 5.11 Å². The molecule has 1 aliphatic carbocycles. The van der Waals surface area contributed by atoms with Crippen molar-refractivity contribution in [3.05, 3.63) is 0 Å². The molecule has 2 rings (SSSR count). The van der Waals surface area contributed by atoms with Gasteiger partial charge in [-0.2, -0.15) is 0 Å². The maximum atomic E-state index is 12.0. The molecule has 1 heterocycles. The summed E-state index contributed by atoms with van der Waals surface area (Å²) in [6.07, 6.45) is 2.90. The lowest BCUT2D eigenvalue weighted by atomic mass is 9.81. The fraction of sp³-hybridized carbons (Fsp3) is 0.750. The summed E-state index contributed by atoms with van der Waals surface area (Å²) < 4.78 is 0. The van der Waals surface area contributed by atoms with Crippen LogP contribution in [-0.2, 0) is 14.4 Å². The molecule has 0 aromatic heterocycles. The van der Waals surface area contributed by atoms with Gasteiger partial charge < -0.3 is 15.7 Å². The maximum Gasteiger partial charge on any atom is 0.306 e. The zero-order valence-corrected chi connectivity index (χ0v) is 10.1. The zero-order valence-electron chi connectivity index (χ0n) is 10.1. The molecule has 3 unspecified atom stereocenters. The van der Waals surface area contributed by atoms with Gasteiger partial charge >= 0.3 is 5.97 Å². The first-order valence-corrected chi connectivity index (χ1v) is 6.36. The molecule has 1 saturated carbocycles. The van der Waals surface area contributed by atoms with Gasteiger partial charge in [0, 0.05) is 18.9 Å². The number of hydrogen-bond donors (Lipinski definition) is 3. The Labute approximate surface area is 105 Å². The number of carboxylic acid groups (broad SMARTS) is 1. The first kappa shape index (κ1) is 12.9. The standard InChI is InChI=1S/C12H18N2O4/c15-10-5-9(6-13-10)14-11(16)7-2-1-3-8(4-7)12(17)18/h7-9H,1-6H2,(H,13,15)(H,14,16)(H,17,18). The van der Waals surface area contributed by atoms with E-state index in [1.165, 1.54) is 0 Å². The van der Waals surface area contributed by atoms with Crippen molar-refractivity contribution in [2.75, 3.05) is 6.54 Å². The lowest BCUT2D eigenvalue weighted by molar-refractivity contribution is -0.144. The van der Waals surface area contributed by atoms with Crippen LogP contribution in [0.3, 0.4) is 0 Å². The van der Waals surface area contributed by atoms with Crippen LogP contribution in [0.4, 0.5) is 0 Å². The van der Waals surface area contributed by atoms with Gasteiger partial charge in [0.2, 0.25) is 11.8 Å². The van der Waals surface area contributed by atoms with Gasteiger partial charge in [-0.25, -0.2) is 0 Å². The average molecular weight is 254 g/mol. The van der Waals surface area contributed by atoms with Gasteiger partial charge in [0.05, 0.1) is 12.0 Å². The number of carbonyl (C=O) groups excluding carboxylic acids is 2. The molecule has 0 radical (unpaired) electrons. The van der Waals surface area contributed by atoms with Crippen molar-refractivity contribution in [2.24, 2.45) is 11.8 Å². The number of nitrogens with one attached hydrogen (secondary N) is 2. The molecule has 3 N–H and O–H groups in total. The third-order valence-corrected chi connectivity index (χ3v) is 3.72. The molecule has 3 atom stereocenters. The molecule has 1 saturated heterocycles. The molecule has 2 fully saturated rings. The highest BCUT2D eigenvalue weighted by atomic mass is 16.4. The molecule has 6 heteroatoms. The van der Waals surface area contributed by atoms with Crippen LogP contribution in [0.1, 0.15) is 32.1 Å². The van der Waals surface area contributed by atoms with E-state index >= 15 is 0 Å². The zero-order chi connectivity index (χ0) is 13.1. The van der Waals surface area contributed by atoms with E-state index in [0.717, 1.165) is 12.8 Å². The highest BCUT2D eigenvalue weighted by molar-refractivity contribution is 5.83. The second-order valence-corrected chi connectivity index (χ2v) is 5.11. The summed E-state index contributed by atoms with van der Waals surface area (Å²) in [5.74, 6) is -1.60. The molecule has 0 aromatic carbocycles. The van der Waals surface area contributed by atoms with Crippen LogP contribution in [0.25, 0.3) is 0 Å². The highest BCUT2D eigenvalue weighted by Crippen LogP contribution is 2.29. The van der Waals surface area contributed by atoms with Gasteiger partial charge in [-0.15, -0.1) is 0 Å². The predicted molar refractivity (Wildman–Crippen MR) is 62.6 cm³/mol. The number of carboxylic acids is 1. The minimum atomic E-state index is -0.815. The van der Waals surface area contributed by atoms with Crippen LogP contribution in [-0.4, -0.2) is 35.5 Å². The van der Waals surface area contributed by atoms with E-state index in [1.807, 2.05) is 0 Å². The minimum Gasteiger partial charge on any atom is -0.481 e. The van der Waals surface area contributed by atoms with Crippen molar-refractivity contribution in [1.82, 2.24) is 10.6 Å². The first-order valence-electron chi connectivity index (χ1n) is 6.36. The van der Waals surface area contributed by atoms with Gasteiger partial charge in [-0.3, -0.25) is 14.4 Å². The fourth-order valence-corrected chi connectivity index (χ4v) is 2.68. The third kappa shape index (κ3) is 3.00. The predicted octanol–water partition coefficient (Wildman–Crippen LogP) is -0.118. The Balaban J connectivity index is 1.85. The third-order valence-electron chi connectivity index (χ3n) is 3.72. The van der Waals surface area contributed by atoms with E-state index < -0.39 is 11.9 Å². The van der Waals surface area contributed by atoms with Crippen molar-refractivity contribution in [3.8, 4) is 0 Å². The molecule has 0 aromatic rings. The van der Waals surface area contributed by atoms with Crippen molar-refractivity contribution >= 4 is 17.8 Å². The summed E-state index contributed by atoms with van der Waals surface area (Å²) >= 11 is 0. The molecular formula is C12H18N2O4. The first-order chi connectivity index (χ1) is 8.56. The molecular weight excluding hydrogens is 236 g/mol. The lowest BCUT2D eigenvalue weighted by Gasteiger charge is -2.26. The van der Waals surface area contributed by atoms with E-state index in [-0.39, 0.29) is 23.8 Å². The Morgan fingerprint density at radius 3 is 2.61 bits per heavy atom. The summed E-state index contributed by atoms with van der Waals surface area (Å²) in [7, 11) is 0. The molecule has 100 valence electrons. The Bertz CT molecular complexity index is 369. The molecule has 0 bridgehead atoms. The van der Waals surface area contributed by atoms with Gasteiger partial charge in [0.15, 0.2) is 0 Å². The Morgan fingerprint density at radius 1 is 1.28 bits per heavy atom. The summed E-state index contributed by atoms with van der Waals surface area (Å²) in [6.45, 7) is 0.472. The van der Waals surface area contributed by atoms with Gasteiger partial charge in [0.1, 0.15) is 0 Å². The van der Waals surface area contributed by atoms with Crippen LogP contribution < -0.4 is 10.6 Å². The Kier molecular flexibility index (Phi) is 3.84. The van der Waals surface area contributed by atoms with Crippen molar-refractivity contribution in [3.63, 3.8) is 0 Å². The van der Waals surface area contributed by atoms with E-state index in [1.54, 1.807) is 0 Å². The maximum absolute atomic E-state index is 12.0. The number of amides is 2. The minimum absolute atomic E-state index is 0.0487. The Morgan fingerprint density at radius 2 is 2.00 bits per heavy atom. The van der Waals surface area contributed by atoms with Crippen molar-refractivity contribution < 1.29 is 19.5 Å². The molecule has 18 heavy (non-hydrogen) atoms. The van der Waals surface area contributed by atoms with Crippen LogP contribution in [0.2, 0.25) is 0 Å². The van der Waals surface area contributed by atoms with Crippen LogP contribution in [0.5, 0.6) is 0 Å². The van der Waals surface area contributed by atoms with Crippen LogP contribution >= 0.6 is 0 Å². The topological polar surface area (TPSA) is 95.5 Å². The normalized spacial score (nSPS) is 31.8. The van der Waals surface area contributed by atoms with Gasteiger partial charge in [-0.05, 0) is 19.3 Å². The molecule has 1 aliphatic heterocycles. The smallest absolute Gasteiger partial charge is 0.306 e. The van der Waals surface area contributed by atoms with Gasteiger partial charge in [-0.1, -0.05) is 6.42 Å². The quantitative estimate of drug-likeness (QED) is 0.654. The summed E-state index contributed by atoms with van der Waals surface area (Å²) in [6, 6.07) is -0.143. The molecule has 2 amide bonds. The summed E-state index contributed by atoms with van der Waals surface area (Å²) in [4.78, 5) is 33.9. The lowest BCUT2D eigenvalue weighted by Crippen LogP contribution is -2.42. The van der Waals surface area contributed by atoms with E-state index in [2.05, 4.69) is 10.6 Å². The molecule has 0 spiro atoms. The van der Waals surface area contributed by atoms with E-state index in [0.29, 0.717) is 25.8 Å². The van der Waals surface area contributed by atoms with Crippen molar-refractivity contribution in [1.29, 1.82) is 0 Å². The molecule has 2 aliphatic rings. The number of hydrogen-bond acceptors (Lipinski definition) is 3. The fourth-order valence-electron chi connectivity index (χ4n) is 2.68. The second-order valence-electron chi connectivity index (χ2n) is 5.11. The number of rotatable bonds is 3. The molecule has 6 nitrogen and oxygen atoms in total. The SMILES string of the molecule is O=C1CC(NC(=O)C2CCCC(C(=O)O)C2)CN1. The van der Waals surface area contributed by atoms with Crippen LogP contribution in [0, 0.1) is 11.8 Å². The largest absolute Gasteiger partial charge is 0.481 e. The summed E-state index contributed by atoms with van der Waals surface area (Å²) in [5.41, 5.74) is 0. The monoisotopic (exact) mass is 254 g/mol. The van der Waals surface area contributed by atoms with Crippen molar-refractivity contribution in [2.45, 2.75) is 38.1 Å². The van der Waals surface area contributed by atoms with E-state index in [9.17, 15) is 14.4 Å². The summed E-state index contributed by atoms with van der Waals surface area (Å²) in [5, 5.41) is 14.5. The number of carbonyl (C=O) groups is 3. The van der Waals surface area contributed by atoms with Gasteiger partial charge in [0.25, 0.3) is 0 Å². The second kappa shape index (κ2) is 5.37. The Hall–Kier alpha value is -1.59. The number of aliphatic carboxylic acids is 1. The highest BCUT2D eigenvalue weighted by Gasteiger charge is 2.32. The average Bonchev–Trinajstić information content (AvgIpc) is 2.75.